The summed E-state index contributed by atoms with van der Waals surface area (Å²) >= 11 is 0. The Kier molecular flexibility index (Phi) is 6.24. The van der Waals surface area contributed by atoms with Crippen LogP contribution in [0.15, 0.2) is 48.5 Å². The van der Waals surface area contributed by atoms with Gasteiger partial charge >= 0.3 is 6.18 Å². The van der Waals surface area contributed by atoms with E-state index < -0.39 is 11.7 Å². The van der Waals surface area contributed by atoms with Crippen LogP contribution >= 0.6 is 0 Å². The number of alkyl halides is 3. The van der Waals surface area contributed by atoms with E-state index in [4.69, 9.17) is 19.9 Å². The first-order chi connectivity index (χ1) is 17.2. The molecule has 36 heavy (non-hydrogen) atoms. The van der Waals surface area contributed by atoms with Gasteiger partial charge in [0.25, 0.3) is 0 Å². The molecule has 186 valence electrons. The van der Waals surface area contributed by atoms with Gasteiger partial charge in [-0.3, -0.25) is 0 Å². The van der Waals surface area contributed by atoms with E-state index in [-0.39, 0.29) is 5.92 Å². The Bertz CT molecular complexity index is 1400. The predicted octanol–water partition coefficient (Wildman–Crippen LogP) is 6.22. The number of hydrogen-bond donors (Lipinski definition) is 1. The number of rotatable bonds is 4. The summed E-state index contributed by atoms with van der Waals surface area (Å²) in [7, 11) is 0. The Labute approximate surface area is 207 Å². The van der Waals surface area contributed by atoms with E-state index in [1.54, 1.807) is 0 Å². The van der Waals surface area contributed by atoms with Crippen molar-refractivity contribution < 1.29 is 13.2 Å². The zero-order chi connectivity index (χ0) is 25.4. The number of halogens is 3. The molecule has 0 amide bonds. The van der Waals surface area contributed by atoms with Crippen LogP contribution in [-0.2, 0) is 19.0 Å². The Morgan fingerprint density at radius 3 is 2.19 bits per heavy atom. The largest absolute Gasteiger partial charge is 0.416 e. The van der Waals surface area contributed by atoms with E-state index >= 15 is 0 Å². The molecule has 3 heterocycles. The molecule has 0 saturated carbocycles. The van der Waals surface area contributed by atoms with Crippen molar-refractivity contribution >= 4 is 28.4 Å². The number of fused-ring (bicyclic) bond motifs is 2. The van der Waals surface area contributed by atoms with Gasteiger partial charge in [-0.05, 0) is 49.7 Å². The van der Waals surface area contributed by atoms with Gasteiger partial charge in [0.2, 0.25) is 0 Å². The van der Waals surface area contributed by atoms with Gasteiger partial charge in [-0.2, -0.15) is 13.2 Å². The lowest BCUT2D eigenvalue weighted by Gasteiger charge is -2.23. The van der Waals surface area contributed by atoms with Gasteiger partial charge in [-0.15, -0.1) is 0 Å². The topological polar surface area (TPSA) is 66.8 Å². The summed E-state index contributed by atoms with van der Waals surface area (Å²) in [5.41, 5.74) is 4.40. The Morgan fingerprint density at radius 1 is 0.861 bits per heavy atom. The van der Waals surface area contributed by atoms with Crippen molar-refractivity contribution in [3.63, 3.8) is 0 Å². The van der Waals surface area contributed by atoms with Crippen LogP contribution in [0.3, 0.4) is 0 Å². The molecule has 0 spiro atoms. The average molecular weight is 493 g/mol. The van der Waals surface area contributed by atoms with Crippen molar-refractivity contribution in [1.29, 1.82) is 0 Å². The molecule has 0 fully saturated rings. The van der Waals surface area contributed by atoms with Crippen molar-refractivity contribution in [1.82, 2.24) is 19.9 Å². The number of aryl methyl sites for hydroxylation is 1. The third-order valence-corrected chi connectivity index (χ3v) is 6.37. The lowest BCUT2D eigenvalue weighted by Crippen LogP contribution is -2.28. The molecular formula is C27H27F3N6. The fourth-order valence-electron chi connectivity index (χ4n) is 4.45. The molecular weight excluding hydrogens is 465 g/mol. The number of anilines is 3. The molecule has 1 aliphatic rings. The van der Waals surface area contributed by atoms with E-state index in [2.05, 4.69) is 10.2 Å². The summed E-state index contributed by atoms with van der Waals surface area (Å²) in [6, 6.07) is 12.9. The molecule has 6 nitrogen and oxygen atoms in total. The number of benzene rings is 2. The number of nitrogens with one attached hydrogen (secondary N) is 1. The molecule has 4 aromatic rings. The van der Waals surface area contributed by atoms with Crippen molar-refractivity contribution in [3.8, 4) is 0 Å². The highest BCUT2D eigenvalue weighted by molar-refractivity contribution is 5.76. The van der Waals surface area contributed by atoms with Gasteiger partial charge < -0.3 is 10.2 Å². The third-order valence-electron chi connectivity index (χ3n) is 6.37. The van der Waals surface area contributed by atoms with Gasteiger partial charge in [-0.1, -0.05) is 26.0 Å². The lowest BCUT2D eigenvalue weighted by molar-refractivity contribution is -0.137. The third kappa shape index (κ3) is 4.82. The van der Waals surface area contributed by atoms with Gasteiger partial charge in [0.1, 0.15) is 11.6 Å². The minimum Gasteiger partial charge on any atom is -0.354 e. The summed E-state index contributed by atoms with van der Waals surface area (Å²) in [5.74, 6) is 2.32. The molecule has 0 bridgehead atoms. The zero-order valence-electron chi connectivity index (χ0n) is 20.4. The van der Waals surface area contributed by atoms with E-state index in [1.165, 1.54) is 12.1 Å². The number of para-hydroxylation sites is 2. The second kappa shape index (κ2) is 9.37. The number of aromatic nitrogens is 4. The predicted molar refractivity (Wildman–Crippen MR) is 135 cm³/mol. The maximum absolute atomic E-state index is 13.0. The van der Waals surface area contributed by atoms with E-state index in [9.17, 15) is 13.2 Å². The molecule has 1 N–H and O–H groups in total. The highest BCUT2D eigenvalue weighted by Gasteiger charge is 2.30. The van der Waals surface area contributed by atoms with Crippen molar-refractivity contribution in [2.45, 2.75) is 45.7 Å². The standard InChI is InChI=1S/C27H27F3N6/c1-16(2)24-33-21-13-15-36(26-17(3)31-22-6-4-5-7-23(22)34-26)14-12-20(21)25(35-24)32-19-10-8-18(9-11-19)27(28,29)30/h4-11,16H,12-15H2,1-3H3,(H,32,33,35). The fourth-order valence-corrected chi connectivity index (χ4v) is 4.45. The molecule has 9 heteroatoms. The molecule has 0 saturated heterocycles. The van der Waals surface area contributed by atoms with Crippen molar-refractivity contribution in [2.75, 3.05) is 23.3 Å². The molecule has 5 rings (SSSR count). The van der Waals surface area contributed by atoms with Crippen LogP contribution in [0.25, 0.3) is 11.0 Å². The maximum Gasteiger partial charge on any atom is 0.416 e. The molecule has 0 aliphatic carbocycles. The molecule has 0 radical (unpaired) electrons. The summed E-state index contributed by atoms with van der Waals surface area (Å²) < 4.78 is 39.0. The molecule has 0 atom stereocenters. The monoisotopic (exact) mass is 492 g/mol. The van der Waals surface area contributed by atoms with Crippen LogP contribution in [0.4, 0.5) is 30.5 Å². The minimum absolute atomic E-state index is 0.108. The summed E-state index contributed by atoms with van der Waals surface area (Å²) in [5, 5.41) is 3.26. The fraction of sp³-hybridized carbons (Fsp3) is 0.333. The number of nitrogens with zero attached hydrogens (tertiary/aromatic N) is 5. The first kappa shape index (κ1) is 24.0. The second-order valence-corrected chi connectivity index (χ2v) is 9.32. The highest BCUT2D eigenvalue weighted by atomic mass is 19.4. The number of hydrogen-bond acceptors (Lipinski definition) is 6. The second-order valence-electron chi connectivity index (χ2n) is 9.32. The van der Waals surface area contributed by atoms with Crippen LogP contribution in [0.2, 0.25) is 0 Å². The molecule has 2 aromatic heterocycles. The van der Waals surface area contributed by atoms with Crippen molar-refractivity contribution in [2.24, 2.45) is 0 Å². The first-order valence-electron chi connectivity index (χ1n) is 12.0. The quantitative estimate of drug-likeness (QED) is 0.365. The van der Waals surface area contributed by atoms with Gasteiger partial charge in [0.15, 0.2) is 5.82 Å². The smallest absolute Gasteiger partial charge is 0.354 e. The minimum atomic E-state index is -4.37. The van der Waals surface area contributed by atoms with Crippen LogP contribution < -0.4 is 10.2 Å². The normalized spacial score (nSPS) is 14.1. The van der Waals surface area contributed by atoms with Gasteiger partial charge in [0.05, 0.1) is 28.0 Å². The highest BCUT2D eigenvalue weighted by Crippen LogP contribution is 2.32. The van der Waals surface area contributed by atoms with E-state index in [0.29, 0.717) is 36.7 Å². The first-order valence-corrected chi connectivity index (χ1v) is 12.0. The van der Waals surface area contributed by atoms with Crippen molar-refractivity contribution in [3.05, 3.63) is 76.9 Å². The summed E-state index contributed by atoms with van der Waals surface area (Å²) in [6.45, 7) is 7.46. The van der Waals surface area contributed by atoms with Crippen LogP contribution in [0, 0.1) is 6.92 Å². The average Bonchev–Trinajstić information content (AvgIpc) is 3.06. The van der Waals surface area contributed by atoms with E-state index in [0.717, 1.165) is 52.5 Å². The molecule has 2 aromatic carbocycles. The maximum atomic E-state index is 13.0. The zero-order valence-corrected chi connectivity index (χ0v) is 20.4. The van der Waals surface area contributed by atoms with Crippen LogP contribution in [0.5, 0.6) is 0 Å². The SMILES string of the molecule is Cc1nc2ccccc2nc1N1CCc2nc(C(C)C)nc(Nc3ccc(C(F)(F)F)cc3)c2CC1. The Hall–Kier alpha value is -3.75. The lowest BCUT2D eigenvalue weighted by atomic mass is 10.1. The van der Waals surface area contributed by atoms with E-state index in [1.807, 2.05) is 45.0 Å². The Morgan fingerprint density at radius 2 is 1.53 bits per heavy atom. The summed E-state index contributed by atoms with van der Waals surface area (Å²) in [6.07, 6.45) is -3.00. The molecule has 0 unspecified atom stereocenters. The van der Waals surface area contributed by atoms with Crippen LogP contribution in [0.1, 0.15) is 48.1 Å². The van der Waals surface area contributed by atoms with Gasteiger partial charge in [-0.25, -0.2) is 19.9 Å². The van der Waals surface area contributed by atoms with Gasteiger partial charge in [0, 0.05) is 36.7 Å². The Balaban J connectivity index is 1.46. The summed E-state index contributed by atoms with van der Waals surface area (Å²) in [4.78, 5) is 21.5. The van der Waals surface area contributed by atoms with Crippen LogP contribution in [-0.4, -0.2) is 33.0 Å². The molecule has 1 aliphatic heterocycles.